The van der Waals surface area contributed by atoms with Crippen LogP contribution in [0.15, 0.2) is 29.1 Å². The molecule has 112 valence electrons. The Kier molecular flexibility index (Phi) is 4.98. The molecule has 1 heterocycles. The molecular weight excluding hydrogens is 290 g/mol. The van der Waals surface area contributed by atoms with Crippen LogP contribution in [0.4, 0.5) is 0 Å². The molecule has 0 saturated carbocycles. The zero-order valence-corrected chi connectivity index (χ0v) is 12.9. The number of nitrogens with zero attached hydrogens (tertiary/aromatic N) is 1. The average Bonchev–Trinajstić information content (AvgIpc) is 2.81. The molecule has 0 aliphatic heterocycles. The zero-order chi connectivity index (χ0) is 15.4. The van der Waals surface area contributed by atoms with Crippen molar-refractivity contribution >= 4 is 17.4 Å². The van der Waals surface area contributed by atoms with Gasteiger partial charge in [0.25, 0.3) is 5.56 Å². The van der Waals surface area contributed by atoms with Gasteiger partial charge < -0.3 is 5.32 Å². The molecule has 0 fully saturated rings. The minimum absolute atomic E-state index is 0.143. The molecule has 0 atom stereocenters. The first-order valence-electron chi connectivity index (χ1n) is 7.03. The van der Waals surface area contributed by atoms with Gasteiger partial charge in [-0.15, -0.1) is 0 Å². The van der Waals surface area contributed by atoms with Crippen LogP contribution in [-0.2, 0) is 6.42 Å². The lowest BCUT2D eigenvalue weighted by Crippen LogP contribution is -2.85. The van der Waals surface area contributed by atoms with E-state index in [0.717, 1.165) is 6.54 Å². The lowest BCUT2D eigenvalue weighted by atomic mass is 10.1. The molecule has 0 aliphatic rings. The van der Waals surface area contributed by atoms with Crippen LogP contribution in [0.25, 0.3) is 5.69 Å². The van der Waals surface area contributed by atoms with Gasteiger partial charge in [-0.05, 0) is 31.5 Å². The highest BCUT2D eigenvalue weighted by Gasteiger charge is 2.21. The minimum atomic E-state index is -0.316. The van der Waals surface area contributed by atoms with Crippen molar-refractivity contribution < 1.29 is 10.1 Å². The number of quaternary nitrogens is 1. The fourth-order valence-electron chi connectivity index (χ4n) is 2.20. The molecule has 2 rings (SSSR count). The first-order chi connectivity index (χ1) is 10.1. The Labute approximate surface area is 127 Å². The predicted molar refractivity (Wildman–Crippen MR) is 82.4 cm³/mol. The molecule has 0 amide bonds. The quantitative estimate of drug-likeness (QED) is 0.786. The van der Waals surface area contributed by atoms with E-state index in [0.29, 0.717) is 22.8 Å². The number of hydrogen-bond acceptors (Lipinski definition) is 2. The molecule has 6 heteroatoms. The second-order valence-corrected chi connectivity index (χ2v) is 5.20. The summed E-state index contributed by atoms with van der Waals surface area (Å²) in [4.78, 5) is 24.7. The highest BCUT2D eigenvalue weighted by molar-refractivity contribution is 6.30. The number of Topliss-reactive ketones (excluding diaryl/α,β-unsaturated/α-hetero) is 1. The molecule has 2 aromatic rings. The van der Waals surface area contributed by atoms with E-state index in [1.165, 1.54) is 4.68 Å². The van der Waals surface area contributed by atoms with Crippen LogP contribution in [-0.4, -0.2) is 28.7 Å². The summed E-state index contributed by atoms with van der Waals surface area (Å²) in [6.07, 6.45) is 0.593. The van der Waals surface area contributed by atoms with E-state index in [2.05, 4.69) is 5.10 Å². The molecule has 21 heavy (non-hydrogen) atoms. The summed E-state index contributed by atoms with van der Waals surface area (Å²) in [5, 5.41) is 5.43. The zero-order valence-electron chi connectivity index (χ0n) is 12.1. The number of nitrogens with one attached hydrogen (secondary N) is 1. The van der Waals surface area contributed by atoms with E-state index in [9.17, 15) is 9.59 Å². The fraction of sp³-hybridized carbons (Fsp3) is 0.333. The first-order valence-corrected chi connectivity index (χ1v) is 7.41. The maximum absolute atomic E-state index is 12.5. The summed E-state index contributed by atoms with van der Waals surface area (Å²) in [5.74, 6) is -0.143. The van der Waals surface area contributed by atoms with Gasteiger partial charge in [0.1, 0.15) is 12.1 Å². The summed E-state index contributed by atoms with van der Waals surface area (Å²) in [5.41, 5.74) is 1.22. The van der Waals surface area contributed by atoms with Crippen molar-refractivity contribution in [3.8, 4) is 5.69 Å². The van der Waals surface area contributed by atoms with Crippen LogP contribution in [0.1, 0.15) is 29.9 Å². The van der Waals surface area contributed by atoms with E-state index in [-0.39, 0.29) is 23.5 Å². The smallest absolute Gasteiger partial charge is 0.282 e. The van der Waals surface area contributed by atoms with Crippen LogP contribution in [0.5, 0.6) is 0 Å². The Bertz CT molecular complexity index is 703. The number of benzene rings is 1. The van der Waals surface area contributed by atoms with Gasteiger partial charge in [0, 0.05) is 10.7 Å². The highest BCUT2D eigenvalue weighted by atomic mass is 35.5. The second-order valence-electron chi connectivity index (χ2n) is 4.76. The SMILES string of the molecule is CC[NH2+]CC(=O)c1c(CC)[nH]n(-c2cccc(Cl)c2)c1=O. The molecule has 5 nitrogen and oxygen atoms in total. The number of carbonyl (C=O) groups is 1. The van der Waals surface area contributed by atoms with Gasteiger partial charge in [-0.1, -0.05) is 24.6 Å². The Hall–Kier alpha value is -1.85. The first kappa shape index (κ1) is 15.5. The van der Waals surface area contributed by atoms with Crippen molar-refractivity contribution in [3.05, 3.63) is 50.9 Å². The third kappa shape index (κ3) is 3.25. The van der Waals surface area contributed by atoms with Crippen molar-refractivity contribution in [2.24, 2.45) is 0 Å². The maximum atomic E-state index is 12.5. The van der Waals surface area contributed by atoms with Crippen molar-refractivity contribution in [3.63, 3.8) is 0 Å². The van der Waals surface area contributed by atoms with Gasteiger partial charge in [-0.3, -0.25) is 14.7 Å². The van der Waals surface area contributed by atoms with Gasteiger partial charge in [0.15, 0.2) is 0 Å². The standard InChI is InChI=1S/C15H18ClN3O2/c1-3-12-14(13(20)9-17-4-2)15(21)19(18-12)11-7-5-6-10(16)8-11/h5-8,17-18H,3-4,9H2,1-2H3/p+1. The Morgan fingerprint density at radius 3 is 2.76 bits per heavy atom. The normalized spacial score (nSPS) is 10.8. The molecule has 1 aromatic heterocycles. The number of nitrogens with two attached hydrogens (primary N) is 1. The summed E-state index contributed by atoms with van der Waals surface area (Å²) in [6, 6.07) is 6.96. The third-order valence-electron chi connectivity index (χ3n) is 3.28. The molecule has 1 aromatic carbocycles. The van der Waals surface area contributed by atoms with Crippen LogP contribution < -0.4 is 10.9 Å². The largest absolute Gasteiger partial charge is 0.340 e. The predicted octanol–water partition coefficient (Wildman–Crippen LogP) is 1.15. The number of halogens is 1. The third-order valence-corrected chi connectivity index (χ3v) is 3.52. The summed E-state index contributed by atoms with van der Waals surface area (Å²) in [7, 11) is 0. The summed E-state index contributed by atoms with van der Waals surface area (Å²) >= 11 is 5.96. The van der Waals surface area contributed by atoms with Gasteiger partial charge in [-0.25, -0.2) is 4.68 Å². The minimum Gasteiger partial charge on any atom is -0.340 e. The molecule has 0 radical (unpaired) electrons. The lowest BCUT2D eigenvalue weighted by molar-refractivity contribution is -0.639. The van der Waals surface area contributed by atoms with Gasteiger partial charge >= 0.3 is 0 Å². The number of aryl methyl sites for hydroxylation is 1. The molecule has 0 spiro atoms. The van der Waals surface area contributed by atoms with Gasteiger partial charge in [0.2, 0.25) is 5.78 Å². The topological polar surface area (TPSA) is 71.5 Å². The Morgan fingerprint density at radius 2 is 2.14 bits per heavy atom. The van der Waals surface area contributed by atoms with Crippen molar-refractivity contribution in [2.45, 2.75) is 20.3 Å². The molecule has 0 bridgehead atoms. The van der Waals surface area contributed by atoms with E-state index in [1.54, 1.807) is 24.3 Å². The van der Waals surface area contributed by atoms with Gasteiger partial charge in [-0.2, -0.15) is 0 Å². The van der Waals surface area contributed by atoms with E-state index in [1.807, 2.05) is 19.2 Å². The van der Waals surface area contributed by atoms with Gasteiger partial charge in [0.05, 0.1) is 12.2 Å². The van der Waals surface area contributed by atoms with Crippen LogP contribution in [0, 0.1) is 0 Å². The van der Waals surface area contributed by atoms with Crippen molar-refractivity contribution in [1.82, 2.24) is 9.78 Å². The number of hydrogen-bond donors (Lipinski definition) is 2. The summed E-state index contributed by atoms with van der Waals surface area (Å²) < 4.78 is 1.38. The molecule has 0 unspecified atom stereocenters. The number of aromatic nitrogens is 2. The average molecular weight is 309 g/mol. The Balaban J connectivity index is 2.49. The molecular formula is C15H19ClN3O2+. The fourth-order valence-corrected chi connectivity index (χ4v) is 2.38. The number of H-pyrrole nitrogens is 1. The maximum Gasteiger partial charge on any atom is 0.282 e. The summed E-state index contributed by atoms with van der Waals surface area (Å²) in [6.45, 7) is 4.97. The highest BCUT2D eigenvalue weighted by Crippen LogP contribution is 2.14. The van der Waals surface area contributed by atoms with Crippen molar-refractivity contribution in [2.75, 3.05) is 13.1 Å². The number of ketones is 1. The molecule has 0 aliphatic carbocycles. The lowest BCUT2D eigenvalue weighted by Gasteiger charge is -2.01. The van der Waals surface area contributed by atoms with Crippen molar-refractivity contribution in [1.29, 1.82) is 0 Å². The Morgan fingerprint density at radius 1 is 1.38 bits per heavy atom. The number of carbonyl (C=O) groups excluding carboxylic acids is 1. The van der Waals surface area contributed by atoms with Crippen LogP contribution in [0.3, 0.4) is 0 Å². The number of rotatable bonds is 6. The number of aromatic amines is 1. The monoisotopic (exact) mass is 308 g/mol. The molecule has 0 saturated heterocycles. The van der Waals surface area contributed by atoms with E-state index < -0.39 is 0 Å². The second kappa shape index (κ2) is 6.74. The van der Waals surface area contributed by atoms with E-state index >= 15 is 0 Å². The number of likely N-dealkylation sites (N-methyl/N-ethyl adjacent to an activating group) is 1. The van der Waals surface area contributed by atoms with Crippen LogP contribution in [0.2, 0.25) is 5.02 Å². The van der Waals surface area contributed by atoms with Crippen LogP contribution >= 0.6 is 11.6 Å². The molecule has 3 N–H and O–H groups in total. The van der Waals surface area contributed by atoms with E-state index in [4.69, 9.17) is 11.6 Å².